The summed E-state index contributed by atoms with van der Waals surface area (Å²) >= 11 is 0. The molecule has 0 aliphatic rings. The van der Waals surface area contributed by atoms with Gasteiger partial charge in [-0.1, -0.05) is 51.3 Å². The zero-order valence-electron chi connectivity index (χ0n) is 12.2. The summed E-state index contributed by atoms with van der Waals surface area (Å²) in [6.07, 6.45) is 0. The Hall–Kier alpha value is -1.76. The number of aromatic amines is 1. The summed E-state index contributed by atoms with van der Waals surface area (Å²) in [5.74, 6) is -0.125. The number of hydroxylamine groups is 1. The van der Waals surface area contributed by atoms with Crippen LogP contribution in [0.4, 0.5) is 0 Å². The lowest BCUT2D eigenvalue weighted by Crippen LogP contribution is -2.48. The van der Waals surface area contributed by atoms with E-state index in [1.54, 1.807) is 20.8 Å². The predicted octanol–water partition coefficient (Wildman–Crippen LogP) is 0.368. The molecule has 1 aromatic rings. The Kier molecular flexibility index (Phi) is 3.81. The number of H-pyrrole nitrogens is 1. The fourth-order valence-corrected chi connectivity index (χ4v) is 1.60. The summed E-state index contributed by atoms with van der Waals surface area (Å²) in [5.41, 5.74) is 1.31. The standard InChI is InChI=1S/C12H21N3O4/c1-11(2,3)9(13-17)7-8(15(18)19-14-7)10(16)12(4,5)6/h13H,1-6H3,(H2-,14,16,17,18)/p+1. The molecule has 0 aliphatic heterocycles. The lowest BCUT2D eigenvalue weighted by Gasteiger charge is -2.19. The van der Waals surface area contributed by atoms with Gasteiger partial charge in [-0.05, 0) is 4.91 Å². The third-order valence-electron chi connectivity index (χ3n) is 2.70. The van der Waals surface area contributed by atoms with Crippen LogP contribution in [-0.4, -0.2) is 15.5 Å². The number of hydrogen-bond donors (Lipinski definition) is 4. The highest BCUT2D eigenvalue weighted by Crippen LogP contribution is 2.23. The van der Waals surface area contributed by atoms with Crippen LogP contribution in [-0.2, 0) is 0 Å². The summed E-state index contributed by atoms with van der Waals surface area (Å²) in [6.45, 7) is 10.8. The van der Waals surface area contributed by atoms with E-state index in [4.69, 9.17) is 0 Å². The zero-order chi connectivity index (χ0) is 15.0. The van der Waals surface area contributed by atoms with Gasteiger partial charge in [0.15, 0.2) is 10.4 Å². The third-order valence-corrected chi connectivity index (χ3v) is 2.70. The molecular weight excluding hydrogens is 250 g/mol. The van der Waals surface area contributed by atoms with Crippen molar-refractivity contribution >= 4 is 11.5 Å². The molecule has 0 fully saturated rings. The molecule has 0 unspecified atom stereocenters. The third kappa shape index (κ3) is 2.98. The first-order chi connectivity index (χ1) is 8.50. The number of nitrogens with zero attached hydrogens (tertiary/aromatic N) is 1. The summed E-state index contributed by atoms with van der Waals surface area (Å²) in [6, 6.07) is 0. The van der Waals surface area contributed by atoms with Crippen molar-refractivity contribution in [3.05, 3.63) is 15.6 Å². The van der Waals surface area contributed by atoms with Crippen molar-refractivity contribution in [1.82, 2.24) is 10.6 Å². The Bertz CT molecular complexity index is 626. The van der Waals surface area contributed by atoms with Crippen LogP contribution in [0.1, 0.15) is 41.5 Å². The molecule has 0 aliphatic carbocycles. The van der Waals surface area contributed by atoms with Crippen molar-refractivity contribution in [1.29, 1.82) is 0 Å². The topological polar surface area (TPSA) is 104 Å². The molecule has 0 radical (unpaired) electrons. The van der Waals surface area contributed by atoms with Crippen molar-refractivity contribution in [2.24, 2.45) is 10.8 Å². The minimum absolute atomic E-state index is 0.0426. The van der Waals surface area contributed by atoms with E-state index in [-0.39, 0.29) is 21.1 Å². The van der Waals surface area contributed by atoms with Gasteiger partial charge in [0.25, 0.3) is 0 Å². The number of hydrogen-bond acceptors (Lipinski definition) is 5. The smallest absolute Gasteiger partial charge is 0.311 e. The molecular formula is C12H22N3O4+. The van der Waals surface area contributed by atoms with Crippen LogP contribution in [0.3, 0.4) is 0 Å². The molecule has 7 nitrogen and oxygen atoms in total. The number of aromatic nitrogens is 2. The van der Waals surface area contributed by atoms with Crippen LogP contribution in [0.25, 0.3) is 11.5 Å². The van der Waals surface area contributed by atoms with Crippen LogP contribution >= 0.6 is 0 Å². The predicted molar refractivity (Wildman–Crippen MR) is 69.0 cm³/mol. The average Bonchev–Trinajstić information content (AvgIpc) is 2.57. The van der Waals surface area contributed by atoms with Crippen molar-refractivity contribution in [2.45, 2.75) is 41.5 Å². The fourth-order valence-electron chi connectivity index (χ4n) is 1.60. The maximum Gasteiger partial charge on any atom is 0.311 e. The molecule has 0 bridgehead atoms. The van der Waals surface area contributed by atoms with E-state index in [1.807, 2.05) is 20.8 Å². The Morgan fingerprint density at radius 2 is 1.74 bits per heavy atom. The second kappa shape index (κ2) is 4.73. The monoisotopic (exact) mass is 272 g/mol. The lowest BCUT2D eigenvalue weighted by molar-refractivity contribution is -0.724. The van der Waals surface area contributed by atoms with Crippen molar-refractivity contribution in [2.75, 3.05) is 0 Å². The van der Waals surface area contributed by atoms with Gasteiger partial charge in [0.05, 0.1) is 5.70 Å². The van der Waals surface area contributed by atoms with Gasteiger partial charge in [-0.3, -0.25) is 10.7 Å². The van der Waals surface area contributed by atoms with E-state index < -0.39 is 10.8 Å². The first kappa shape index (κ1) is 15.3. The van der Waals surface area contributed by atoms with E-state index >= 15 is 0 Å². The fraction of sp³-hybridized carbons (Fsp3) is 0.667. The minimum atomic E-state index is -0.628. The van der Waals surface area contributed by atoms with Gasteiger partial charge >= 0.3 is 5.35 Å². The second-order valence-corrected chi connectivity index (χ2v) is 6.51. The molecule has 0 spiro atoms. The number of nitrogens with one attached hydrogen (secondary N) is 2. The van der Waals surface area contributed by atoms with Gasteiger partial charge in [0, 0.05) is 10.8 Å². The highest BCUT2D eigenvalue weighted by atomic mass is 16.7. The van der Waals surface area contributed by atoms with Gasteiger partial charge in [-0.2, -0.15) is 0 Å². The Balaban J connectivity index is 3.98. The molecule has 1 rings (SSSR count). The SMILES string of the molecule is CC(C)(C)/C(NO)=c1/[nH]o[n+](=O)/c1=C(/O)C(C)(C)C. The van der Waals surface area contributed by atoms with Gasteiger partial charge in [0.2, 0.25) is 5.35 Å². The largest absolute Gasteiger partial charge is 0.507 e. The normalized spacial score (nSPS) is 16.2. The molecule has 0 saturated heterocycles. The number of rotatable bonds is 1. The molecule has 108 valence electrons. The highest BCUT2D eigenvalue weighted by molar-refractivity contribution is 5.47. The summed E-state index contributed by atoms with van der Waals surface area (Å²) in [5, 5.41) is 22.1. The molecule has 4 N–H and O–H groups in total. The molecule has 19 heavy (non-hydrogen) atoms. The van der Waals surface area contributed by atoms with Gasteiger partial charge < -0.3 is 5.11 Å². The van der Waals surface area contributed by atoms with Gasteiger partial charge in [-0.15, -0.1) is 0 Å². The summed E-state index contributed by atoms with van der Waals surface area (Å²) in [4.78, 5) is 11.7. The van der Waals surface area contributed by atoms with Gasteiger partial charge in [0.1, 0.15) is 0 Å². The lowest BCUT2D eigenvalue weighted by atomic mass is 9.90. The first-order valence-electron chi connectivity index (χ1n) is 5.99. The molecule has 1 aromatic heterocycles. The molecule has 0 saturated carbocycles. The molecule has 0 atom stereocenters. The van der Waals surface area contributed by atoms with Crippen molar-refractivity contribution < 1.29 is 19.5 Å². The maximum absolute atomic E-state index is 11.7. The quantitative estimate of drug-likeness (QED) is 0.553. The van der Waals surface area contributed by atoms with E-state index in [2.05, 4.69) is 15.3 Å². The Morgan fingerprint density at radius 1 is 1.21 bits per heavy atom. The Morgan fingerprint density at radius 3 is 2.11 bits per heavy atom. The maximum atomic E-state index is 11.7. The van der Waals surface area contributed by atoms with E-state index in [9.17, 15) is 15.2 Å². The summed E-state index contributed by atoms with van der Waals surface area (Å²) < 4.78 is 4.87. The van der Waals surface area contributed by atoms with Crippen LogP contribution in [0, 0.1) is 15.7 Å². The van der Waals surface area contributed by atoms with Crippen molar-refractivity contribution in [3.8, 4) is 0 Å². The Labute approximate surface area is 110 Å². The van der Waals surface area contributed by atoms with Crippen LogP contribution in [0.15, 0.2) is 4.63 Å². The van der Waals surface area contributed by atoms with Crippen molar-refractivity contribution in [3.63, 3.8) is 0 Å². The van der Waals surface area contributed by atoms with E-state index in [1.165, 1.54) is 0 Å². The van der Waals surface area contributed by atoms with Crippen LogP contribution in [0.5, 0.6) is 0 Å². The number of aliphatic hydroxyl groups is 1. The second-order valence-electron chi connectivity index (χ2n) is 6.51. The zero-order valence-corrected chi connectivity index (χ0v) is 12.2. The average molecular weight is 272 g/mol. The van der Waals surface area contributed by atoms with Crippen LogP contribution < -0.4 is 20.8 Å². The first-order valence-corrected chi connectivity index (χ1v) is 5.99. The highest BCUT2D eigenvalue weighted by Gasteiger charge is 2.28. The molecule has 0 amide bonds. The van der Waals surface area contributed by atoms with E-state index in [0.29, 0.717) is 5.70 Å². The van der Waals surface area contributed by atoms with E-state index in [0.717, 1.165) is 0 Å². The molecule has 1 heterocycles. The summed E-state index contributed by atoms with van der Waals surface area (Å²) in [7, 11) is 0. The molecule has 0 aromatic carbocycles. The minimum Gasteiger partial charge on any atom is -0.507 e. The number of aliphatic hydroxyl groups excluding tert-OH is 1. The molecule has 7 heteroatoms. The van der Waals surface area contributed by atoms with Crippen LogP contribution in [0.2, 0.25) is 0 Å². The van der Waals surface area contributed by atoms with Gasteiger partial charge in [-0.25, -0.2) is 0 Å².